The van der Waals surface area contributed by atoms with Crippen molar-refractivity contribution in [2.45, 2.75) is 32.1 Å². The molecule has 1 aliphatic heterocycles. The lowest BCUT2D eigenvalue weighted by Gasteiger charge is -2.31. The normalized spacial score (nSPS) is 32.0. The second-order valence-electron chi connectivity index (χ2n) is 7.12. The summed E-state index contributed by atoms with van der Waals surface area (Å²) in [5, 5.41) is 0. The zero-order valence-electron chi connectivity index (χ0n) is 12.8. The number of nitrogens with zero attached hydrogens (tertiary/aromatic N) is 2. The Labute approximate surface area is 127 Å². The van der Waals surface area contributed by atoms with Gasteiger partial charge in [-0.05, 0) is 54.1 Å². The van der Waals surface area contributed by atoms with Crippen LogP contribution in [0.5, 0.6) is 0 Å². The fourth-order valence-electron chi connectivity index (χ4n) is 4.27. The van der Waals surface area contributed by atoms with Crippen LogP contribution in [0.25, 0.3) is 0 Å². The van der Waals surface area contributed by atoms with E-state index in [1.807, 2.05) is 0 Å². The van der Waals surface area contributed by atoms with Crippen LogP contribution in [0.2, 0.25) is 0 Å². The summed E-state index contributed by atoms with van der Waals surface area (Å²) in [6.07, 6.45) is 3.75. The van der Waals surface area contributed by atoms with E-state index in [-0.39, 0.29) is 0 Å². The van der Waals surface area contributed by atoms with E-state index in [1.54, 1.807) is 11.1 Å². The Morgan fingerprint density at radius 3 is 2.86 bits per heavy atom. The fraction of sp³-hybridized carbons (Fsp3) is 0.611. The number of rotatable bonds is 2. The molecule has 21 heavy (non-hydrogen) atoms. The first-order valence-corrected chi connectivity index (χ1v) is 8.36. The molecule has 3 atom stereocenters. The highest BCUT2D eigenvalue weighted by Crippen LogP contribution is 2.61. The minimum atomic E-state index is 0.738. The molecule has 0 bridgehead atoms. The smallest absolute Gasteiger partial charge is 0.191 e. The number of benzene rings is 1. The summed E-state index contributed by atoms with van der Waals surface area (Å²) < 4.78 is 0. The molecule has 0 aromatic heterocycles. The van der Waals surface area contributed by atoms with Crippen LogP contribution in [0.15, 0.2) is 29.3 Å². The van der Waals surface area contributed by atoms with Gasteiger partial charge in [-0.1, -0.05) is 31.2 Å². The van der Waals surface area contributed by atoms with E-state index < -0.39 is 0 Å². The molecule has 3 aliphatic rings. The number of hydrogen-bond acceptors (Lipinski definition) is 1. The quantitative estimate of drug-likeness (QED) is 0.669. The molecule has 1 saturated heterocycles. The molecule has 1 saturated carbocycles. The van der Waals surface area contributed by atoms with Crippen molar-refractivity contribution in [2.75, 3.05) is 19.6 Å². The fourth-order valence-corrected chi connectivity index (χ4v) is 4.27. The highest BCUT2D eigenvalue weighted by atomic mass is 15.3. The maximum absolute atomic E-state index is 6.19. The third-order valence-corrected chi connectivity index (χ3v) is 5.77. The molecule has 3 unspecified atom stereocenters. The van der Waals surface area contributed by atoms with Gasteiger partial charge in [-0.15, -0.1) is 0 Å². The van der Waals surface area contributed by atoms with E-state index in [2.05, 4.69) is 36.1 Å². The molecule has 2 N–H and O–H groups in total. The van der Waals surface area contributed by atoms with Crippen LogP contribution >= 0.6 is 0 Å². The molecule has 3 heteroatoms. The summed E-state index contributed by atoms with van der Waals surface area (Å²) in [7, 11) is 0. The molecule has 2 fully saturated rings. The molecule has 0 radical (unpaired) electrons. The van der Waals surface area contributed by atoms with Crippen LogP contribution in [-0.2, 0) is 6.42 Å². The Kier molecular flexibility index (Phi) is 3.16. The molecular weight excluding hydrogens is 258 g/mol. The maximum atomic E-state index is 6.19. The Morgan fingerprint density at radius 2 is 2.05 bits per heavy atom. The number of likely N-dealkylation sites (tertiary alicyclic amines) is 1. The van der Waals surface area contributed by atoms with Gasteiger partial charge < -0.3 is 10.6 Å². The van der Waals surface area contributed by atoms with Crippen molar-refractivity contribution in [3.05, 3.63) is 35.4 Å². The minimum Gasteiger partial charge on any atom is -0.370 e. The van der Waals surface area contributed by atoms with Crippen molar-refractivity contribution in [3.8, 4) is 0 Å². The van der Waals surface area contributed by atoms with E-state index >= 15 is 0 Å². The Hall–Kier alpha value is -1.51. The Balaban J connectivity index is 1.36. The standard InChI is InChI=1S/C18H25N3/c1-12-6-8-21(9-7-12)18(19)20-11-16-15-10-13-4-2-3-5-14(13)17(15)16/h2-5,12,15-17H,6-11H2,1H3,(H2,19,20). The minimum absolute atomic E-state index is 0.738. The van der Waals surface area contributed by atoms with Crippen molar-refractivity contribution >= 4 is 5.96 Å². The zero-order chi connectivity index (χ0) is 14.4. The molecule has 1 heterocycles. The van der Waals surface area contributed by atoms with Crippen LogP contribution < -0.4 is 5.73 Å². The molecule has 0 spiro atoms. The van der Waals surface area contributed by atoms with Crippen LogP contribution in [0.1, 0.15) is 36.8 Å². The Bertz CT molecular complexity index is 557. The second kappa shape index (κ2) is 5.04. The number of nitrogens with two attached hydrogens (primary N) is 1. The highest BCUT2D eigenvalue weighted by Gasteiger charge is 2.54. The first-order valence-electron chi connectivity index (χ1n) is 8.36. The molecule has 0 amide bonds. The maximum Gasteiger partial charge on any atom is 0.191 e. The van der Waals surface area contributed by atoms with Crippen molar-refractivity contribution in [2.24, 2.45) is 28.5 Å². The number of fused-ring (bicyclic) bond motifs is 3. The SMILES string of the molecule is CC1CCN(C(N)=NCC2C3Cc4ccccc4C23)CC1. The number of piperidine rings is 1. The van der Waals surface area contributed by atoms with Crippen LogP contribution in [0.3, 0.4) is 0 Å². The summed E-state index contributed by atoms with van der Waals surface area (Å²) in [5.74, 6) is 3.95. The lowest BCUT2D eigenvalue weighted by molar-refractivity contribution is 0.277. The average Bonchev–Trinajstić information content (AvgIpc) is 3.04. The molecule has 112 valence electrons. The van der Waals surface area contributed by atoms with Gasteiger partial charge in [0.05, 0.1) is 0 Å². The largest absolute Gasteiger partial charge is 0.370 e. The van der Waals surface area contributed by atoms with Gasteiger partial charge in [0, 0.05) is 19.6 Å². The van der Waals surface area contributed by atoms with Gasteiger partial charge in [0.1, 0.15) is 0 Å². The van der Waals surface area contributed by atoms with Gasteiger partial charge in [0.2, 0.25) is 0 Å². The van der Waals surface area contributed by atoms with Crippen LogP contribution in [0, 0.1) is 17.8 Å². The third-order valence-electron chi connectivity index (χ3n) is 5.77. The number of hydrogen-bond donors (Lipinski definition) is 1. The van der Waals surface area contributed by atoms with Gasteiger partial charge in [-0.25, -0.2) is 0 Å². The Morgan fingerprint density at radius 1 is 1.29 bits per heavy atom. The lowest BCUT2D eigenvalue weighted by Crippen LogP contribution is -2.42. The monoisotopic (exact) mass is 283 g/mol. The first kappa shape index (κ1) is 13.2. The van der Waals surface area contributed by atoms with Gasteiger partial charge in [-0.2, -0.15) is 0 Å². The average molecular weight is 283 g/mol. The van der Waals surface area contributed by atoms with Crippen LogP contribution in [-0.4, -0.2) is 30.5 Å². The summed E-state index contributed by atoms with van der Waals surface area (Å²) in [5.41, 5.74) is 9.33. The van der Waals surface area contributed by atoms with Crippen molar-refractivity contribution in [1.82, 2.24) is 4.90 Å². The summed E-state index contributed by atoms with van der Waals surface area (Å²) >= 11 is 0. The molecule has 1 aromatic rings. The summed E-state index contributed by atoms with van der Waals surface area (Å²) in [4.78, 5) is 6.98. The second-order valence-corrected chi connectivity index (χ2v) is 7.12. The van der Waals surface area contributed by atoms with Gasteiger partial charge >= 0.3 is 0 Å². The molecular formula is C18H25N3. The first-order chi connectivity index (χ1) is 10.2. The highest BCUT2D eigenvalue weighted by molar-refractivity contribution is 5.78. The predicted molar refractivity (Wildman–Crippen MR) is 86.3 cm³/mol. The van der Waals surface area contributed by atoms with Crippen molar-refractivity contribution in [3.63, 3.8) is 0 Å². The number of aliphatic imine (C=N–C) groups is 1. The zero-order valence-corrected chi connectivity index (χ0v) is 12.8. The topological polar surface area (TPSA) is 41.6 Å². The van der Waals surface area contributed by atoms with E-state index in [4.69, 9.17) is 10.7 Å². The van der Waals surface area contributed by atoms with E-state index in [0.717, 1.165) is 49.3 Å². The van der Waals surface area contributed by atoms with Crippen LogP contribution in [0.4, 0.5) is 0 Å². The molecule has 4 rings (SSSR count). The van der Waals surface area contributed by atoms with Crippen molar-refractivity contribution < 1.29 is 0 Å². The predicted octanol–water partition coefficient (Wildman–Crippen LogP) is 2.62. The lowest BCUT2D eigenvalue weighted by atomic mass is 10.00. The van der Waals surface area contributed by atoms with Crippen molar-refractivity contribution in [1.29, 1.82) is 0 Å². The molecule has 3 nitrogen and oxygen atoms in total. The summed E-state index contributed by atoms with van der Waals surface area (Å²) in [6, 6.07) is 8.92. The molecule has 2 aliphatic carbocycles. The third kappa shape index (κ3) is 2.33. The molecule has 1 aromatic carbocycles. The van der Waals surface area contributed by atoms with Gasteiger partial charge in [0.25, 0.3) is 0 Å². The van der Waals surface area contributed by atoms with Gasteiger partial charge in [0.15, 0.2) is 5.96 Å². The van der Waals surface area contributed by atoms with E-state index in [9.17, 15) is 0 Å². The summed E-state index contributed by atoms with van der Waals surface area (Å²) in [6.45, 7) is 5.41. The number of guanidine groups is 1. The van der Waals surface area contributed by atoms with E-state index in [0.29, 0.717) is 0 Å². The van der Waals surface area contributed by atoms with Gasteiger partial charge in [-0.3, -0.25) is 4.99 Å². The van der Waals surface area contributed by atoms with E-state index in [1.165, 1.54) is 19.3 Å².